The number of phenolic OH excluding ortho intramolecular Hbond substituents is 1. The van der Waals surface area contributed by atoms with Crippen LogP contribution in [0, 0.1) is 11.7 Å². The molecule has 0 aliphatic heterocycles. The van der Waals surface area contributed by atoms with Crippen molar-refractivity contribution in [1.29, 1.82) is 0 Å². The van der Waals surface area contributed by atoms with Crippen LogP contribution in [0.5, 0.6) is 5.75 Å². The van der Waals surface area contributed by atoms with Crippen LogP contribution in [0.3, 0.4) is 0 Å². The maximum atomic E-state index is 13.5. The van der Waals surface area contributed by atoms with Crippen LogP contribution in [0.1, 0.15) is 30.6 Å². The number of nitrogens with one attached hydrogen (secondary N) is 1. The standard InChI is InChI=1S/C13H19FN2O2/c1-8(2)5-9(7-15)16-13(18)11-4-3-10(17)6-12(11)14/h3-4,6,8-9,17H,5,7,15H2,1-2H3,(H,16,18). The molecule has 4 nitrogen and oxygen atoms in total. The normalized spacial score (nSPS) is 12.5. The molecule has 0 heterocycles. The maximum Gasteiger partial charge on any atom is 0.254 e. The highest BCUT2D eigenvalue weighted by Gasteiger charge is 2.16. The highest BCUT2D eigenvalue weighted by Crippen LogP contribution is 2.15. The quantitative estimate of drug-likeness (QED) is 0.747. The number of benzene rings is 1. The molecule has 100 valence electrons. The third kappa shape index (κ3) is 4.00. The van der Waals surface area contributed by atoms with Crippen molar-refractivity contribution >= 4 is 5.91 Å². The van der Waals surface area contributed by atoms with E-state index in [1.165, 1.54) is 12.1 Å². The van der Waals surface area contributed by atoms with Gasteiger partial charge < -0.3 is 16.2 Å². The van der Waals surface area contributed by atoms with Gasteiger partial charge in [0, 0.05) is 18.7 Å². The van der Waals surface area contributed by atoms with E-state index in [0.717, 1.165) is 12.5 Å². The highest BCUT2D eigenvalue weighted by molar-refractivity contribution is 5.94. The summed E-state index contributed by atoms with van der Waals surface area (Å²) in [5.74, 6) is -1.07. The minimum atomic E-state index is -0.743. The largest absolute Gasteiger partial charge is 0.508 e. The average molecular weight is 254 g/mol. The number of carbonyl (C=O) groups is 1. The third-order valence-electron chi connectivity index (χ3n) is 2.57. The fourth-order valence-electron chi connectivity index (χ4n) is 1.73. The zero-order valence-corrected chi connectivity index (χ0v) is 10.6. The minimum Gasteiger partial charge on any atom is -0.508 e. The van der Waals surface area contributed by atoms with Crippen molar-refractivity contribution in [3.8, 4) is 5.75 Å². The molecular formula is C13H19FN2O2. The summed E-state index contributed by atoms with van der Waals surface area (Å²) in [6, 6.07) is 3.26. The SMILES string of the molecule is CC(C)CC(CN)NC(=O)c1ccc(O)cc1F. The zero-order valence-electron chi connectivity index (χ0n) is 10.6. The second kappa shape index (κ2) is 6.35. The number of hydrogen-bond acceptors (Lipinski definition) is 3. The van der Waals surface area contributed by atoms with E-state index in [2.05, 4.69) is 5.32 Å². The molecule has 0 aliphatic carbocycles. The lowest BCUT2D eigenvalue weighted by molar-refractivity contribution is 0.0929. The molecule has 5 heteroatoms. The monoisotopic (exact) mass is 254 g/mol. The lowest BCUT2D eigenvalue weighted by atomic mass is 10.0. The predicted octanol–water partition coefficient (Wildman–Crippen LogP) is 1.63. The first kappa shape index (κ1) is 14.4. The molecule has 0 radical (unpaired) electrons. The number of amides is 1. The second-order valence-corrected chi connectivity index (χ2v) is 4.70. The van der Waals surface area contributed by atoms with E-state index in [0.29, 0.717) is 12.5 Å². The molecule has 1 aromatic rings. The maximum absolute atomic E-state index is 13.5. The van der Waals surface area contributed by atoms with Gasteiger partial charge in [0.05, 0.1) is 5.56 Å². The first-order chi connectivity index (χ1) is 8.43. The van der Waals surface area contributed by atoms with Gasteiger partial charge >= 0.3 is 0 Å². The van der Waals surface area contributed by atoms with Gasteiger partial charge in [0.15, 0.2) is 0 Å². The van der Waals surface area contributed by atoms with Crippen LogP contribution >= 0.6 is 0 Å². The van der Waals surface area contributed by atoms with Crippen molar-refractivity contribution in [1.82, 2.24) is 5.32 Å². The Morgan fingerprint density at radius 3 is 2.67 bits per heavy atom. The predicted molar refractivity (Wildman–Crippen MR) is 67.8 cm³/mol. The average Bonchev–Trinajstić information content (AvgIpc) is 2.27. The molecule has 0 saturated heterocycles. The lowest BCUT2D eigenvalue weighted by Gasteiger charge is -2.19. The third-order valence-corrected chi connectivity index (χ3v) is 2.57. The summed E-state index contributed by atoms with van der Waals surface area (Å²) in [6.45, 7) is 4.36. The summed E-state index contributed by atoms with van der Waals surface area (Å²) in [6.07, 6.45) is 0.738. The van der Waals surface area contributed by atoms with E-state index in [9.17, 15) is 9.18 Å². The van der Waals surface area contributed by atoms with Crippen molar-refractivity contribution in [3.63, 3.8) is 0 Å². The number of aromatic hydroxyl groups is 1. The number of carbonyl (C=O) groups excluding carboxylic acids is 1. The number of phenols is 1. The van der Waals surface area contributed by atoms with E-state index < -0.39 is 11.7 Å². The number of rotatable bonds is 5. The Labute approximate surface area is 106 Å². The van der Waals surface area contributed by atoms with E-state index in [-0.39, 0.29) is 17.4 Å². The Morgan fingerprint density at radius 1 is 1.50 bits per heavy atom. The van der Waals surface area contributed by atoms with Crippen LogP contribution in [0.2, 0.25) is 0 Å². The van der Waals surface area contributed by atoms with Crippen LogP contribution in [0.25, 0.3) is 0 Å². The molecule has 0 aliphatic rings. The van der Waals surface area contributed by atoms with Gasteiger partial charge in [-0.3, -0.25) is 4.79 Å². The summed E-state index contributed by atoms with van der Waals surface area (Å²) >= 11 is 0. The van der Waals surface area contributed by atoms with Gasteiger partial charge in [-0.2, -0.15) is 0 Å². The summed E-state index contributed by atoms with van der Waals surface area (Å²) in [5.41, 5.74) is 5.47. The Kier molecular flexibility index (Phi) is 5.09. The van der Waals surface area contributed by atoms with Crippen molar-refractivity contribution in [2.45, 2.75) is 26.3 Å². The van der Waals surface area contributed by atoms with E-state index in [1.54, 1.807) is 0 Å². The van der Waals surface area contributed by atoms with E-state index in [4.69, 9.17) is 10.8 Å². The second-order valence-electron chi connectivity index (χ2n) is 4.70. The number of nitrogens with two attached hydrogens (primary N) is 1. The van der Waals surface area contributed by atoms with Gasteiger partial charge in [0.25, 0.3) is 5.91 Å². The fourth-order valence-corrected chi connectivity index (χ4v) is 1.73. The first-order valence-electron chi connectivity index (χ1n) is 5.93. The summed E-state index contributed by atoms with van der Waals surface area (Å²) < 4.78 is 13.5. The Bertz CT molecular complexity index is 421. The Morgan fingerprint density at radius 2 is 2.17 bits per heavy atom. The summed E-state index contributed by atoms with van der Waals surface area (Å²) in [4.78, 5) is 11.8. The van der Waals surface area contributed by atoms with Gasteiger partial charge in [-0.1, -0.05) is 13.8 Å². The molecule has 1 amide bonds. The Hall–Kier alpha value is -1.62. The summed E-state index contributed by atoms with van der Waals surface area (Å²) in [7, 11) is 0. The van der Waals surface area contributed by atoms with E-state index in [1.807, 2.05) is 13.8 Å². The number of halogens is 1. The van der Waals surface area contributed by atoms with Crippen molar-refractivity contribution in [2.24, 2.45) is 11.7 Å². The van der Waals surface area contributed by atoms with Gasteiger partial charge in [-0.15, -0.1) is 0 Å². The molecule has 0 spiro atoms. The molecule has 1 aromatic carbocycles. The zero-order chi connectivity index (χ0) is 13.7. The van der Waals surface area contributed by atoms with Crippen LogP contribution < -0.4 is 11.1 Å². The molecule has 18 heavy (non-hydrogen) atoms. The molecule has 4 N–H and O–H groups in total. The molecule has 0 aromatic heterocycles. The van der Waals surface area contributed by atoms with Crippen LogP contribution in [-0.2, 0) is 0 Å². The first-order valence-corrected chi connectivity index (χ1v) is 5.93. The van der Waals surface area contributed by atoms with Crippen LogP contribution in [-0.4, -0.2) is 23.6 Å². The van der Waals surface area contributed by atoms with Crippen LogP contribution in [0.4, 0.5) is 4.39 Å². The summed E-state index contributed by atoms with van der Waals surface area (Å²) in [5, 5.41) is 11.8. The molecule has 0 fully saturated rings. The topological polar surface area (TPSA) is 75.3 Å². The van der Waals surface area contributed by atoms with Gasteiger partial charge in [-0.05, 0) is 24.5 Å². The van der Waals surface area contributed by atoms with E-state index >= 15 is 0 Å². The fraction of sp³-hybridized carbons (Fsp3) is 0.462. The Balaban J connectivity index is 2.74. The van der Waals surface area contributed by atoms with Crippen molar-refractivity contribution < 1.29 is 14.3 Å². The minimum absolute atomic E-state index is 0.0880. The van der Waals surface area contributed by atoms with Gasteiger partial charge in [0.1, 0.15) is 11.6 Å². The molecule has 1 unspecified atom stereocenters. The molecule has 1 atom stereocenters. The molecule has 0 bridgehead atoms. The lowest BCUT2D eigenvalue weighted by Crippen LogP contribution is -2.41. The smallest absolute Gasteiger partial charge is 0.254 e. The van der Waals surface area contributed by atoms with Crippen LogP contribution in [0.15, 0.2) is 18.2 Å². The molecular weight excluding hydrogens is 235 g/mol. The molecule has 0 saturated carbocycles. The van der Waals surface area contributed by atoms with Gasteiger partial charge in [0.2, 0.25) is 0 Å². The molecule has 1 rings (SSSR count). The number of hydrogen-bond donors (Lipinski definition) is 3. The van der Waals surface area contributed by atoms with Crippen molar-refractivity contribution in [3.05, 3.63) is 29.6 Å². The van der Waals surface area contributed by atoms with Crippen molar-refractivity contribution in [2.75, 3.05) is 6.54 Å². The highest BCUT2D eigenvalue weighted by atomic mass is 19.1. The van der Waals surface area contributed by atoms with Gasteiger partial charge in [-0.25, -0.2) is 4.39 Å².